The predicted molar refractivity (Wildman–Crippen MR) is 81.5 cm³/mol. The summed E-state index contributed by atoms with van der Waals surface area (Å²) >= 11 is 0. The van der Waals surface area contributed by atoms with Crippen molar-refractivity contribution in [2.45, 2.75) is 78.6 Å². The van der Waals surface area contributed by atoms with E-state index in [0.29, 0.717) is 0 Å². The van der Waals surface area contributed by atoms with Crippen LogP contribution in [0.3, 0.4) is 0 Å². The van der Waals surface area contributed by atoms with Crippen molar-refractivity contribution in [1.29, 1.82) is 0 Å². The van der Waals surface area contributed by atoms with Gasteiger partial charge in [0, 0.05) is 6.42 Å². The van der Waals surface area contributed by atoms with Gasteiger partial charge < -0.3 is 10.4 Å². The lowest BCUT2D eigenvalue weighted by Gasteiger charge is -2.23. The first kappa shape index (κ1) is 18.4. The minimum absolute atomic E-state index is 0.131. The molecular weight excluding hydrogens is 238 g/mol. The van der Waals surface area contributed by atoms with Gasteiger partial charge in [-0.1, -0.05) is 52.9 Å². The van der Waals surface area contributed by atoms with Crippen LogP contribution in [-0.4, -0.2) is 24.2 Å². The minimum atomic E-state index is -0.687. The molecule has 0 aromatic heterocycles. The van der Waals surface area contributed by atoms with Crippen LogP contribution in [0, 0.1) is 5.41 Å². The molecule has 19 heavy (non-hydrogen) atoms. The summed E-state index contributed by atoms with van der Waals surface area (Å²) in [6.45, 7) is 8.65. The molecule has 0 unspecified atom stereocenters. The van der Waals surface area contributed by atoms with Gasteiger partial charge in [-0.2, -0.15) is 0 Å². The third-order valence-electron chi connectivity index (χ3n) is 3.70. The van der Waals surface area contributed by atoms with E-state index in [1.165, 1.54) is 38.5 Å². The van der Waals surface area contributed by atoms with Gasteiger partial charge >= 0.3 is 5.97 Å². The van der Waals surface area contributed by atoms with Gasteiger partial charge in [0.05, 0.1) is 0 Å². The standard InChI is InChI=1S/C16H33NO2/c1-4-5-6-7-8-9-13-17-14-12-16(2,3)11-10-15(18)19/h17H,4-14H2,1-3H3,(H,18,19). The molecule has 0 aromatic carbocycles. The number of nitrogens with one attached hydrogen (secondary N) is 1. The van der Waals surface area contributed by atoms with E-state index in [1.807, 2.05) is 0 Å². The second-order valence-electron chi connectivity index (χ2n) is 6.33. The molecule has 0 aliphatic heterocycles. The van der Waals surface area contributed by atoms with Crippen LogP contribution >= 0.6 is 0 Å². The van der Waals surface area contributed by atoms with E-state index in [1.54, 1.807) is 0 Å². The summed E-state index contributed by atoms with van der Waals surface area (Å²) in [7, 11) is 0. The van der Waals surface area contributed by atoms with Crippen LogP contribution in [0.4, 0.5) is 0 Å². The summed E-state index contributed by atoms with van der Waals surface area (Å²) in [4.78, 5) is 10.6. The highest BCUT2D eigenvalue weighted by Gasteiger charge is 2.18. The molecule has 3 heteroatoms. The number of aliphatic carboxylic acids is 1. The van der Waals surface area contributed by atoms with E-state index < -0.39 is 5.97 Å². The molecule has 114 valence electrons. The highest BCUT2D eigenvalue weighted by molar-refractivity contribution is 5.66. The van der Waals surface area contributed by atoms with Crippen LogP contribution < -0.4 is 5.32 Å². The van der Waals surface area contributed by atoms with Crippen molar-refractivity contribution < 1.29 is 9.90 Å². The maximum absolute atomic E-state index is 10.6. The monoisotopic (exact) mass is 271 g/mol. The van der Waals surface area contributed by atoms with E-state index in [9.17, 15) is 4.79 Å². The SMILES string of the molecule is CCCCCCCCNCCC(C)(C)CCC(=O)O. The zero-order valence-electron chi connectivity index (χ0n) is 13.1. The maximum Gasteiger partial charge on any atom is 0.303 e. The third kappa shape index (κ3) is 13.7. The number of unbranched alkanes of at least 4 members (excludes halogenated alkanes) is 5. The van der Waals surface area contributed by atoms with Crippen LogP contribution in [0.25, 0.3) is 0 Å². The molecule has 0 aliphatic rings. The van der Waals surface area contributed by atoms with Crippen LogP contribution in [0.5, 0.6) is 0 Å². The Balaban J connectivity index is 3.35. The van der Waals surface area contributed by atoms with Crippen LogP contribution in [0.1, 0.15) is 78.6 Å². The molecule has 0 saturated carbocycles. The summed E-state index contributed by atoms with van der Waals surface area (Å²) in [5, 5.41) is 12.2. The topological polar surface area (TPSA) is 49.3 Å². The Kier molecular flexibility index (Phi) is 10.9. The Morgan fingerprint density at radius 1 is 1.00 bits per heavy atom. The lowest BCUT2D eigenvalue weighted by atomic mass is 9.84. The predicted octanol–water partition coefficient (Wildman–Crippen LogP) is 4.22. The molecular formula is C16H33NO2. The molecule has 2 N–H and O–H groups in total. The van der Waals surface area contributed by atoms with Crippen molar-refractivity contribution in [1.82, 2.24) is 5.32 Å². The number of rotatable bonds is 13. The van der Waals surface area contributed by atoms with Crippen molar-refractivity contribution in [3.05, 3.63) is 0 Å². The van der Waals surface area contributed by atoms with Gasteiger partial charge in [0.1, 0.15) is 0 Å². The molecule has 0 saturated heterocycles. The van der Waals surface area contributed by atoms with Gasteiger partial charge in [-0.05, 0) is 37.8 Å². The van der Waals surface area contributed by atoms with E-state index in [2.05, 4.69) is 26.1 Å². The summed E-state index contributed by atoms with van der Waals surface area (Å²) in [5.74, 6) is -0.687. The Morgan fingerprint density at radius 3 is 2.26 bits per heavy atom. The van der Waals surface area contributed by atoms with Crippen molar-refractivity contribution in [3.8, 4) is 0 Å². The second-order valence-corrected chi connectivity index (χ2v) is 6.33. The summed E-state index contributed by atoms with van der Waals surface area (Å²) in [6.07, 6.45) is 10.1. The fourth-order valence-corrected chi connectivity index (χ4v) is 2.15. The summed E-state index contributed by atoms with van der Waals surface area (Å²) in [6, 6.07) is 0. The lowest BCUT2D eigenvalue weighted by Crippen LogP contribution is -2.23. The van der Waals surface area contributed by atoms with Crippen molar-refractivity contribution in [2.75, 3.05) is 13.1 Å². The molecule has 0 aliphatic carbocycles. The number of carboxylic acids is 1. The smallest absolute Gasteiger partial charge is 0.303 e. The molecule has 0 spiro atoms. The highest BCUT2D eigenvalue weighted by atomic mass is 16.4. The number of hydrogen-bond acceptors (Lipinski definition) is 2. The van der Waals surface area contributed by atoms with Gasteiger partial charge in [-0.3, -0.25) is 4.79 Å². The molecule has 0 fully saturated rings. The van der Waals surface area contributed by atoms with Crippen molar-refractivity contribution in [3.63, 3.8) is 0 Å². The Labute approximate surface area is 119 Å². The van der Waals surface area contributed by atoms with E-state index in [4.69, 9.17) is 5.11 Å². The number of carboxylic acid groups (broad SMARTS) is 1. The lowest BCUT2D eigenvalue weighted by molar-refractivity contribution is -0.137. The Morgan fingerprint density at radius 2 is 1.63 bits per heavy atom. The normalized spacial score (nSPS) is 11.7. The maximum atomic E-state index is 10.6. The first-order chi connectivity index (χ1) is 8.98. The molecule has 0 atom stereocenters. The van der Waals surface area contributed by atoms with Crippen molar-refractivity contribution in [2.24, 2.45) is 5.41 Å². The van der Waals surface area contributed by atoms with Crippen LogP contribution in [0.2, 0.25) is 0 Å². The molecule has 0 amide bonds. The first-order valence-electron chi connectivity index (χ1n) is 7.90. The highest BCUT2D eigenvalue weighted by Crippen LogP contribution is 2.25. The summed E-state index contributed by atoms with van der Waals surface area (Å²) < 4.78 is 0. The minimum Gasteiger partial charge on any atom is -0.481 e. The molecule has 0 rings (SSSR count). The third-order valence-corrected chi connectivity index (χ3v) is 3.70. The number of carbonyl (C=O) groups is 1. The van der Waals surface area contributed by atoms with Gasteiger partial charge in [0.25, 0.3) is 0 Å². The number of hydrogen-bond donors (Lipinski definition) is 2. The molecule has 0 radical (unpaired) electrons. The van der Waals surface area contributed by atoms with Gasteiger partial charge in [-0.25, -0.2) is 0 Å². The van der Waals surface area contributed by atoms with E-state index in [-0.39, 0.29) is 11.8 Å². The fraction of sp³-hybridized carbons (Fsp3) is 0.938. The zero-order valence-corrected chi connectivity index (χ0v) is 13.1. The summed E-state index contributed by atoms with van der Waals surface area (Å²) in [5.41, 5.74) is 0.131. The fourth-order valence-electron chi connectivity index (χ4n) is 2.15. The van der Waals surface area contributed by atoms with E-state index >= 15 is 0 Å². The Bertz CT molecular complexity index is 227. The molecule has 0 aromatic rings. The average molecular weight is 271 g/mol. The molecule has 0 heterocycles. The molecule has 0 bridgehead atoms. The van der Waals surface area contributed by atoms with Crippen LogP contribution in [-0.2, 0) is 4.79 Å². The zero-order chi connectivity index (χ0) is 14.6. The van der Waals surface area contributed by atoms with Gasteiger partial charge in [0.2, 0.25) is 0 Å². The van der Waals surface area contributed by atoms with Gasteiger partial charge in [0.15, 0.2) is 0 Å². The second kappa shape index (κ2) is 11.3. The van der Waals surface area contributed by atoms with Crippen LogP contribution in [0.15, 0.2) is 0 Å². The average Bonchev–Trinajstić information content (AvgIpc) is 2.34. The first-order valence-corrected chi connectivity index (χ1v) is 7.90. The quantitative estimate of drug-likeness (QED) is 0.493. The largest absolute Gasteiger partial charge is 0.481 e. The van der Waals surface area contributed by atoms with E-state index in [0.717, 1.165) is 25.9 Å². The van der Waals surface area contributed by atoms with Crippen molar-refractivity contribution >= 4 is 5.97 Å². The molecule has 3 nitrogen and oxygen atoms in total. The Hall–Kier alpha value is -0.570. The van der Waals surface area contributed by atoms with Gasteiger partial charge in [-0.15, -0.1) is 0 Å².